The minimum Gasteiger partial charge on any atom is -0.393 e. The van der Waals surface area contributed by atoms with E-state index in [2.05, 4.69) is 0 Å². The summed E-state index contributed by atoms with van der Waals surface area (Å²) in [6, 6.07) is 16.3. The van der Waals surface area contributed by atoms with Gasteiger partial charge in [-0.25, -0.2) is 0 Å². The first kappa shape index (κ1) is 22.6. The molecular formula is C27H31N3O4. The van der Waals surface area contributed by atoms with Gasteiger partial charge in [0.1, 0.15) is 12.6 Å². The van der Waals surface area contributed by atoms with Crippen molar-refractivity contribution in [3.05, 3.63) is 65.7 Å². The van der Waals surface area contributed by atoms with Gasteiger partial charge in [0.05, 0.1) is 17.4 Å². The normalized spacial score (nSPS) is 24.1. The van der Waals surface area contributed by atoms with E-state index in [1.165, 1.54) is 4.90 Å². The van der Waals surface area contributed by atoms with Gasteiger partial charge < -0.3 is 19.8 Å². The Labute approximate surface area is 200 Å². The van der Waals surface area contributed by atoms with Crippen LogP contribution in [0, 0.1) is 5.92 Å². The van der Waals surface area contributed by atoms with E-state index in [0.717, 1.165) is 31.2 Å². The molecular weight excluding hydrogens is 430 g/mol. The summed E-state index contributed by atoms with van der Waals surface area (Å²) in [5.41, 5.74) is 1.97. The number of rotatable bonds is 6. The maximum atomic E-state index is 13.7. The van der Waals surface area contributed by atoms with Crippen molar-refractivity contribution >= 4 is 23.4 Å². The molecule has 2 aromatic carbocycles. The highest BCUT2D eigenvalue weighted by atomic mass is 16.3. The van der Waals surface area contributed by atoms with Gasteiger partial charge in [-0.1, -0.05) is 48.9 Å². The lowest BCUT2D eigenvalue weighted by Gasteiger charge is -2.31. The highest BCUT2D eigenvalue weighted by Crippen LogP contribution is 2.33. The van der Waals surface area contributed by atoms with Crippen LogP contribution < -0.4 is 4.90 Å². The molecule has 1 N–H and O–H groups in total. The first-order valence-electron chi connectivity index (χ1n) is 12.2. The lowest BCUT2D eigenvalue weighted by Crippen LogP contribution is -2.49. The number of hydrogen-bond donors (Lipinski definition) is 1. The number of aliphatic hydroxyl groups excluding tert-OH is 1. The fraction of sp³-hybridized carbons (Fsp3) is 0.444. The molecule has 0 radical (unpaired) electrons. The number of amides is 3. The van der Waals surface area contributed by atoms with E-state index in [0.29, 0.717) is 37.3 Å². The second kappa shape index (κ2) is 9.58. The molecule has 3 atom stereocenters. The number of anilines is 1. The number of benzene rings is 2. The van der Waals surface area contributed by atoms with Crippen LogP contribution in [-0.4, -0.2) is 64.4 Å². The number of hydrogen-bond acceptors (Lipinski definition) is 4. The lowest BCUT2D eigenvalue weighted by molar-refractivity contribution is -0.133. The average molecular weight is 462 g/mol. The van der Waals surface area contributed by atoms with Gasteiger partial charge >= 0.3 is 0 Å². The molecule has 0 bridgehead atoms. The third-order valence-electron chi connectivity index (χ3n) is 7.43. The van der Waals surface area contributed by atoms with Gasteiger partial charge in [0.15, 0.2) is 0 Å². The number of carbonyl (C=O) groups is 3. The summed E-state index contributed by atoms with van der Waals surface area (Å²) in [6.07, 6.45) is 3.59. The summed E-state index contributed by atoms with van der Waals surface area (Å²) < 4.78 is 0. The van der Waals surface area contributed by atoms with Gasteiger partial charge in [-0.3, -0.25) is 14.4 Å². The van der Waals surface area contributed by atoms with Crippen LogP contribution in [0.15, 0.2) is 54.6 Å². The number of aliphatic hydroxyl groups is 1. The van der Waals surface area contributed by atoms with Crippen molar-refractivity contribution in [2.75, 3.05) is 24.5 Å². The molecule has 1 saturated heterocycles. The monoisotopic (exact) mass is 461 g/mol. The van der Waals surface area contributed by atoms with Crippen LogP contribution in [0.1, 0.15) is 48.0 Å². The Morgan fingerprint density at radius 3 is 2.50 bits per heavy atom. The van der Waals surface area contributed by atoms with Crippen LogP contribution in [0.2, 0.25) is 0 Å². The van der Waals surface area contributed by atoms with Crippen LogP contribution in [0.4, 0.5) is 5.69 Å². The highest BCUT2D eigenvalue weighted by molar-refractivity contribution is 6.12. The van der Waals surface area contributed by atoms with E-state index in [9.17, 15) is 19.5 Å². The maximum Gasteiger partial charge on any atom is 0.256 e. The molecule has 2 aromatic rings. The standard InChI is InChI=1S/C27H31N3O4/c31-24-14-6-10-20(24)17-28(16-19-8-2-1-3-9-19)25(32)18-30-22-12-5-4-11-21(22)26(33)29-15-7-13-23(29)27(30)34/h1-5,8-9,11-12,20,23-24,31H,6-7,10,13-18H2/t20-,23-,24-/m0/s1. The Morgan fingerprint density at radius 1 is 0.971 bits per heavy atom. The molecule has 178 valence electrons. The van der Waals surface area contributed by atoms with E-state index in [-0.39, 0.29) is 30.2 Å². The van der Waals surface area contributed by atoms with Crippen molar-refractivity contribution in [3.63, 3.8) is 0 Å². The molecule has 1 aliphatic carbocycles. The zero-order chi connectivity index (χ0) is 23.7. The third-order valence-corrected chi connectivity index (χ3v) is 7.43. The predicted octanol–water partition coefficient (Wildman–Crippen LogP) is 2.83. The summed E-state index contributed by atoms with van der Waals surface area (Å²) in [5.74, 6) is -0.474. The second-order valence-corrected chi connectivity index (χ2v) is 9.62. The zero-order valence-corrected chi connectivity index (χ0v) is 19.3. The number of fused-ring (bicyclic) bond motifs is 2. The summed E-state index contributed by atoms with van der Waals surface area (Å²) in [5, 5.41) is 10.4. The molecule has 2 fully saturated rings. The van der Waals surface area contributed by atoms with Gasteiger partial charge in [-0.2, -0.15) is 0 Å². The van der Waals surface area contributed by atoms with Crippen LogP contribution >= 0.6 is 0 Å². The van der Waals surface area contributed by atoms with Crippen molar-refractivity contribution in [2.24, 2.45) is 5.92 Å². The Bertz CT molecular complexity index is 1070. The van der Waals surface area contributed by atoms with Crippen LogP contribution in [0.25, 0.3) is 0 Å². The van der Waals surface area contributed by atoms with Gasteiger partial charge in [-0.05, 0) is 43.4 Å². The largest absolute Gasteiger partial charge is 0.393 e. The second-order valence-electron chi connectivity index (χ2n) is 9.62. The molecule has 3 aliphatic rings. The summed E-state index contributed by atoms with van der Waals surface area (Å²) >= 11 is 0. The molecule has 0 spiro atoms. The van der Waals surface area contributed by atoms with E-state index in [1.54, 1.807) is 34.1 Å². The quantitative estimate of drug-likeness (QED) is 0.717. The van der Waals surface area contributed by atoms with Crippen LogP contribution in [-0.2, 0) is 16.1 Å². The first-order valence-corrected chi connectivity index (χ1v) is 12.2. The first-order chi connectivity index (χ1) is 16.5. The van der Waals surface area contributed by atoms with E-state index >= 15 is 0 Å². The fourth-order valence-corrected chi connectivity index (χ4v) is 5.58. The van der Waals surface area contributed by atoms with Crippen molar-refractivity contribution in [2.45, 2.75) is 50.8 Å². The molecule has 7 heteroatoms. The SMILES string of the molecule is O=C(CN1C(=O)[C@@H]2CCCN2C(=O)c2ccccc21)N(Cc1ccccc1)C[C@@H]1CCC[C@@H]1O. The molecule has 2 aliphatic heterocycles. The maximum absolute atomic E-state index is 13.7. The Kier molecular flexibility index (Phi) is 6.37. The smallest absolute Gasteiger partial charge is 0.256 e. The molecule has 1 saturated carbocycles. The van der Waals surface area contributed by atoms with Crippen molar-refractivity contribution in [1.82, 2.24) is 9.80 Å². The molecule has 34 heavy (non-hydrogen) atoms. The minimum absolute atomic E-state index is 0.0340. The van der Waals surface area contributed by atoms with Crippen LogP contribution in [0.3, 0.4) is 0 Å². The molecule has 7 nitrogen and oxygen atoms in total. The number of nitrogens with zero attached hydrogens (tertiary/aromatic N) is 3. The lowest BCUT2D eigenvalue weighted by atomic mass is 10.0. The molecule has 3 amide bonds. The number of carbonyl (C=O) groups excluding carboxylic acids is 3. The Balaban J connectivity index is 1.43. The summed E-state index contributed by atoms with van der Waals surface area (Å²) in [6.45, 7) is 1.31. The zero-order valence-electron chi connectivity index (χ0n) is 19.3. The highest BCUT2D eigenvalue weighted by Gasteiger charge is 2.42. The fourth-order valence-electron chi connectivity index (χ4n) is 5.58. The minimum atomic E-state index is -0.521. The van der Waals surface area contributed by atoms with Crippen molar-refractivity contribution in [1.29, 1.82) is 0 Å². The summed E-state index contributed by atoms with van der Waals surface area (Å²) in [7, 11) is 0. The molecule has 0 unspecified atom stereocenters. The van der Waals surface area contributed by atoms with Crippen molar-refractivity contribution in [3.8, 4) is 0 Å². The summed E-state index contributed by atoms with van der Waals surface area (Å²) in [4.78, 5) is 45.4. The average Bonchev–Trinajstić information content (AvgIpc) is 3.49. The Morgan fingerprint density at radius 2 is 1.74 bits per heavy atom. The molecule has 2 heterocycles. The van der Waals surface area contributed by atoms with E-state index in [4.69, 9.17) is 0 Å². The van der Waals surface area contributed by atoms with Crippen LogP contribution in [0.5, 0.6) is 0 Å². The van der Waals surface area contributed by atoms with E-state index < -0.39 is 12.1 Å². The Hall–Kier alpha value is -3.19. The van der Waals surface area contributed by atoms with Gasteiger partial charge in [0.25, 0.3) is 5.91 Å². The predicted molar refractivity (Wildman–Crippen MR) is 128 cm³/mol. The number of para-hydroxylation sites is 1. The van der Waals surface area contributed by atoms with Gasteiger partial charge in [0, 0.05) is 25.6 Å². The van der Waals surface area contributed by atoms with Gasteiger partial charge in [-0.15, -0.1) is 0 Å². The topological polar surface area (TPSA) is 81.2 Å². The molecule has 0 aromatic heterocycles. The third kappa shape index (κ3) is 4.32. The van der Waals surface area contributed by atoms with E-state index in [1.807, 2.05) is 30.3 Å². The molecule has 5 rings (SSSR count). The van der Waals surface area contributed by atoms with Gasteiger partial charge in [0.2, 0.25) is 11.8 Å². The van der Waals surface area contributed by atoms with Crippen molar-refractivity contribution < 1.29 is 19.5 Å².